The lowest BCUT2D eigenvalue weighted by Gasteiger charge is -2.11. The average molecular weight is 500 g/mol. The van der Waals surface area contributed by atoms with Gasteiger partial charge in [0.05, 0.1) is 21.8 Å². The van der Waals surface area contributed by atoms with E-state index >= 15 is 0 Å². The van der Waals surface area contributed by atoms with Crippen LogP contribution < -0.4 is 16.6 Å². The molecular formula is C20H17ClF3N5O3S. The van der Waals surface area contributed by atoms with Crippen molar-refractivity contribution >= 4 is 50.5 Å². The summed E-state index contributed by atoms with van der Waals surface area (Å²) in [5.41, 5.74) is -1.80. The van der Waals surface area contributed by atoms with Crippen LogP contribution in [0.5, 0.6) is 0 Å². The summed E-state index contributed by atoms with van der Waals surface area (Å²) in [6, 6.07) is 4.14. The topological polar surface area (TPSA) is 90.4 Å². The molecule has 3 heterocycles. The number of fused-ring (bicyclic) bond motifs is 3. The van der Waals surface area contributed by atoms with E-state index in [0.717, 1.165) is 16.8 Å². The Balaban J connectivity index is 1.73. The van der Waals surface area contributed by atoms with Crippen LogP contribution in [0.25, 0.3) is 16.0 Å². The largest absolute Gasteiger partial charge is 0.416 e. The van der Waals surface area contributed by atoms with Crippen molar-refractivity contribution in [3.63, 3.8) is 0 Å². The second kappa shape index (κ2) is 8.34. The number of nitrogens with one attached hydrogen (secondary N) is 1. The SMILES string of the molecule is CC(C)Cn1c(=O)c2sccc2n2c(=O)n(CC(=O)Nc3cc(C(F)(F)F)ccc3Cl)nc12. The Morgan fingerprint density at radius 1 is 1.24 bits per heavy atom. The standard InChI is InChI=1S/C20H17ClF3N5O3S/c1-10(2)8-27-17(31)16-14(5-6-33-16)29-18(27)26-28(19(29)32)9-15(30)25-13-7-11(20(22,23)24)3-4-12(13)21/h3-7,10H,8-9H2,1-2H3,(H,25,30). The fraction of sp³-hybridized carbons (Fsp3) is 0.300. The number of hydrogen-bond donors (Lipinski definition) is 1. The number of rotatable bonds is 5. The molecule has 1 aromatic carbocycles. The van der Waals surface area contributed by atoms with Crippen molar-refractivity contribution in [3.8, 4) is 0 Å². The Morgan fingerprint density at radius 2 is 1.97 bits per heavy atom. The van der Waals surface area contributed by atoms with Gasteiger partial charge >= 0.3 is 11.9 Å². The van der Waals surface area contributed by atoms with E-state index in [1.807, 2.05) is 13.8 Å². The smallest absolute Gasteiger partial charge is 0.323 e. The van der Waals surface area contributed by atoms with Gasteiger partial charge in [0.25, 0.3) is 5.56 Å². The van der Waals surface area contributed by atoms with Crippen LogP contribution >= 0.6 is 22.9 Å². The van der Waals surface area contributed by atoms with Crippen LogP contribution in [0.15, 0.2) is 39.2 Å². The van der Waals surface area contributed by atoms with Crippen LogP contribution in [0.1, 0.15) is 19.4 Å². The highest BCUT2D eigenvalue weighted by molar-refractivity contribution is 7.17. The molecule has 0 radical (unpaired) electrons. The van der Waals surface area contributed by atoms with Crippen LogP contribution in [0, 0.1) is 5.92 Å². The molecule has 13 heteroatoms. The minimum atomic E-state index is -4.62. The van der Waals surface area contributed by atoms with Crippen LogP contribution in [-0.4, -0.2) is 24.7 Å². The fourth-order valence-corrected chi connectivity index (χ4v) is 4.38. The highest BCUT2D eigenvalue weighted by Gasteiger charge is 2.31. The third-order valence-electron chi connectivity index (χ3n) is 4.80. The van der Waals surface area contributed by atoms with E-state index in [1.54, 1.807) is 11.4 Å². The molecule has 174 valence electrons. The predicted molar refractivity (Wildman–Crippen MR) is 119 cm³/mol. The second-order valence-electron chi connectivity index (χ2n) is 7.76. The third-order valence-corrected chi connectivity index (χ3v) is 6.02. The summed E-state index contributed by atoms with van der Waals surface area (Å²) < 4.78 is 42.8. The molecule has 33 heavy (non-hydrogen) atoms. The maximum atomic E-state index is 13.0. The highest BCUT2D eigenvalue weighted by Crippen LogP contribution is 2.33. The van der Waals surface area contributed by atoms with Gasteiger partial charge in [0.15, 0.2) is 0 Å². The molecule has 8 nitrogen and oxygen atoms in total. The number of carbonyl (C=O) groups excluding carboxylic acids is 1. The molecule has 0 aliphatic carbocycles. The lowest BCUT2D eigenvalue weighted by Crippen LogP contribution is -2.29. The minimum Gasteiger partial charge on any atom is -0.323 e. The van der Waals surface area contributed by atoms with E-state index in [9.17, 15) is 27.6 Å². The molecule has 4 aromatic rings. The molecule has 0 fully saturated rings. The number of carbonyl (C=O) groups is 1. The molecule has 0 bridgehead atoms. The van der Waals surface area contributed by atoms with Crippen molar-refractivity contribution in [2.24, 2.45) is 5.92 Å². The number of anilines is 1. The summed E-state index contributed by atoms with van der Waals surface area (Å²) in [6.45, 7) is 3.53. The summed E-state index contributed by atoms with van der Waals surface area (Å²) >= 11 is 7.11. The molecule has 1 amide bonds. The van der Waals surface area contributed by atoms with Gasteiger partial charge in [-0.15, -0.1) is 16.4 Å². The zero-order valence-corrected chi connectivity index (χ0v) is 18.9. The van der Waals surface area contributed by atoms with Gasteiger partial charge < -0.3 is 5.32 Å². The second-order valence-corrected chi connectivity index (χ2v) is 9.08. The van der Waals surface area contributed by atoms with Crippen molar-refractivity contribution in [1.29, 1.82) is 0 Å². The van der Waals surface area contributed by atoms with Crippen molar-refractivity contribution < 1.29 is 18.0 Å². The number of alkyl halides is 3. The molecule has 1 N–H and O–H groups in total. The number of thiophene rings is 1. The first kappa shape index (κ1) is 23.1. The van der Waals surface area contributed by atoms with E-state index < -0.39 is 29.9 Å². The van der Waals surface area contributed by atoms with Crippen molar-refractivity contribution in [1.82, 2.24) is 18.7 Å². The third kappa shape index (κ3) is 4.27. The molecule has 0 unspecified atom stereocenters. The summed E-state index contributed by atoms with van der Waals surface area (Å²) in [5, 5.41) is 8.05. The van der Waals surface area contributed by atoms with Gasteiger partial charge in [0, 0.05) is 6.54 Å². The Labute approximate surface area is 192 Å². The lowest BCUT2D eigenvalue weighted by molar-refractivity contribution is -0.137. The zero-order valence-electron chi connectivity index (χ0n) is 17.3. The molecule has 0 aliphatic heterocycles. The highest BCUT2D eigenvalue weighted by atomic mass is 35.5. The first-order valence-corrected chi connectivity index (χ1v) is 11.0. The number of hydrogen-bond acceptors (Lipinski definition) is 5. The molecule has 0 aliphatic rings. The van der Waals surface area contributed by atoms with Crippen LogP contribution in [0.4, 0.5) is 18.9 Å². The number of aromatic nitrogens is 4. The normalized spacial score (nSPS) is 12.2. The van der Waals surface area contributed by atoms with Crippen LogP contribution in [-0.2, 0) is 24.1 Å². The van der Waals surface area contributed by atoms with Crippen molar-refractivity contribution in [2.45, 2.75) is 33.1 Å². The monoisotopic (exact) mass is 499 g/mol. The van der Waals surface area contributed by atoms with Crippen molar-refractivity contribution in [3.05, 3.63) is 61.1 Å². The zero-order chi connectivity index (χ0) is 24.1. The number of nitrogens with zero attached hydrogens (tertiary/aromatic N) is 4. The van der Waals surface area contributed by atoms with E-state index in [4.69, 9.17) is 11.6 Å². The van der Waals surface area contributed by atoms with Crippen LogP contribution in [0.3, 0.4) is 0 Å². The Kier molecular flexibility index (Phi) is 5.83. The van der Waals surface area contributed by atoms with Gasteiger partial charge in [-0.3, -0.25) is 14.2 Å². The predicted octanol–water partition coefficient (Wildman–Crippen LogP) is 3.84. The number of benzene rings is 1. The molecule has 4 rings (SSSR count). The molecule has 0 spiro atoms. The number of halogens is 4. The summed E-state index contributed by atoms with van der Waals surface area (Å²) in [6.07, 6.45) is -4.62. The van der Waals surface area contributed by atoms with Gasteiger partial charge in [0.2, 0.25) is 11.7 Å². The van der Waals surface area contributed by atoms with Gasteiger partial charge in [0.1, 0.15) is 11.2 Å². The fourth-order valence-electron chi connectivity index (χ4n) is 3.39. The Bertz CT molecular complexity index is 1500. The molecule has 0 saturated heterocycles. The van der Waals surface area contributed by atoms with Gasteiger partial charge in [-0.2, -0.15) is 13.2 Å². The van der Waals surface area contributed by atoms with E-state index in [-0.39, 0.29) is 28.0 Å². The van der Waals surface area contributed by atoms with Gasteiger partial charge in [-0.1, -0.05) is 25.4 Å². The van der Waals surface area contributed by atoms with Gasteiger partial charge in [-0.25, -0.2) is 13.9 Å². The van der Waals surface area contributed by atoms with Gasteiger partial charge in [-0.05, 0) is 35.6 Å². The first-order chi connectivity index (χ1) is 15.5. The van der Waals surface area contributed by atoms with E-state index in [2.05, 4.69) is 10.4 Å². The average Bonchev–Trinajstić information content (AvgIpc) is 3.31. The Morgan fingerprint density at radius 3 is 2.64 bits per heavy atom. The summed E-state index contributed by atoms with van der Waals surface area (Å²) in [7, 11) is 0. The minimum absolute atomic E-state index is 0.0782. The maximum absolute atomic E-state index is 13.0. The lowest BCUT2D eigenvalue weighted by atomic mass is 10.2. The van der Waals surface area contributed by atoms with Crippen molar-refractivity contribution in [2.75, 3.05) is 5.32 Å². The molecular weight excluding hydrogens is 483 g/mol. The molecule has 0 atom stereocenters. The van der Waals surface area contributed by atoms with E-state index in [0.29, 0.717) is 22.8 Å². The summed E-state index contributed by atoms with van der Waals surface area (Å²) in [4.78, 5) is 38.5. The quantitative estimate of drug-likeness (QED) is 0.452. The Hall–Kier alpha value is -3.12. The van der Waals surface area contributed by atoms with Crippen LogP contribution in [0.2, 0.25) is 5.02 Å². The summed E-state index contributed by atoms with van der Waals surface area (Å²) in [5.74, 6) is -0.647. The first-order valence-electron chi connectivity index (χ1n) is 9.73. The molecule has 3 aromatic heterocycles. The van der Waals surface area contributed by atoms with E-state index in [1.165, 1.54) is 20.3 Å². The maximum Gasteiger partial charge on any atom is 0.416 e. The number of amides is 1. The molecule has 0 saturated carbocycles.